The number of carbonyl (C=O) groups is 1. The van der Waals surface area contributed by atoms with Gasteiger partial charge < -0.3 is 9.47 Å². The summed E-state index contributed by atoms with van der Waals surface area (Å²) in [4.78, 5) is 21.8. The van der Waals surface area contributed by atoms with E-state index in [1.807, 2.05) is 43.5 Å². The second-order valence-corrected chi connectivity index (χ2v) is 7.54. The molecule has 3 aromatic heterocycles. The van der Waals surface area contributed by atoms with E-state index >= 15 is 0 Å². The molecule has 1 amide bonds. The fourth-order valence-electron chi connectivity index (χ4n) is 3.26. The molecule has 0 saturated carbocycles. The van der Waals surface area contributed by atoms with Gasteiger partial charge in [-0.25, -0.2) is 14.5 Å². The number of benzene rings is 1. The first-order valence-corrected chi connectivity index (χ1v) is 9.95. The minimum atomic E-state index is -0.291. The first-order valence-electron chi connectivity index (χ1n) is 9.07. The Labute approximate surface area is 170 Å². The van der Waals surface area contributed by atoms with E-state index in [9.17, 15) is 4.79 Å². The van der Waals surface area contributed by atoms with Gasteiger partial charge in [-0.05, 0) is 38.1 Å². The van der Waals surface area contributed by atoms with E-state index in [0.717, 1.165) is 28.4 Å². The summed E-state index contributed by atoms with van der Waals surface area (Å²) >= 11 is 1.36. The Morgan fingerprint density at radius 2 is 1.97 bits per heavy atom. The van der Waals surface area contributed by atoms with E-state index in [4.69, 9.17) is 9.47 Å². The van der Waals surface area contributed by atoms with Crippen molar-refractivity contribution >= 4 is 28.0 Å². The Kier molecular flexibility index (Phi) is 4.17. The lowest BCUT2D eigenvalue weighted by molar-refractivity contribution is 0.102. The number of anilines is 1. The summed E-state index contributed by atoms with van der Waals surface area (Å²) in [7, 11) is 0. The number of hydrogen-bond donors (Lipinski definition) is 1. The third-order valence-electron chi connectivity index (χ3n) is 4.59. The van der Waals surface area contributed by atoms with Crippen LogP contribution in [0.25, 0.3) is 16.9 Å². The van der Waals surface area contributed by atoms with Crippen LogP contribution in [0.3, 0.4) is 0 Å². The van der Waals surface area contributed by atoms with Crippen LogP contribution in [0, 0.1) is 13.8 Å². The Hall–Kier alpha value is -3.46. The highest BCUT2D eigenvalue weighted by Gasteiger charge is 2.18. The van der Waals surface area contributed by atoms with E-state index in [0.29, 0.717) is 35.3 Å². The lowest BCUT2D eigenvalue weighted by Gasteiger charge is -2.18. The van der Waals surface area contributed by atoms with E-state index < -0.39 is 0 Å². The number of aryl methyl sites for hydroxylation is 2. The van der Waals surface area contributed by atoms with Crippen molar-refractivity contribution in [2.45, 2.75) is 13.8 Å². The molecule has 0 unspecified atom stereocenters. The number of rotatable bonds is 3. The van der Waals surface area contributed by atoms with Crippen LogP contribution in [0.1, 0.15) is 21.7 Å². The molecule has 1 aromatic carbocycles. The van der Waals surface area contributed by atoms with Crippen LogP contribution >= 0.6 is 11.3 Å². The Morgan fingerprint density at radius 3 is 2.83 bits per heavy atom. The average molecular weight is 407 g/mol. The molecule has 0 bridgehead atoms. The second-order valence-electron chi connectivity index (χ2n) is 6.68. The summed E-state index contributed by atoms with van der Waals surface area (Å²) in [6.45, 7) is 4.90. The molecule has 0 atom stereocenters. The van der Waals surface area contributed by atoms with E-state index in [1.54, 1.807) is 4.52 Å². The molecule has 5 rings (SSSR count). The Morgan fingerprint density at radius 1 is 1.14 bits per heavy atom. The maximum Gasteiger partial charge on any atom is 0.262 e. The van der Waals surface area contributed by atoms with Crippen LogP contribution in [0.2, 0.25) is 0 Å². The van der Waals surface area contributed by atoms with Gasteiger partial charge in [-0.15, -0.1) is 11.3 Å². The van der Waals surface area contributed by atoms with Gasteiger partial charge in [0.05, 0.1) is 11.9 Å². The van der Waals surface area contributed by atoms with Gasteiger partial charge in [0.2, 0.25) is 0 Å². The molecule has 0 radical (unpaired) electrons. The maximum absolute atomic E-state index is 12.8. The van der Waals surface area contributed by atoms with Gasteiger partial charge in [0.25, 0.3) is 5.91 Å². The fraction of sp³-hybridized carbons (Fsp3) is 0.200. The van der Waals surface area contributed by atoms with Crippen molar-refractivity contribution in [3.05, 3.63) is 52.8 Å². The van der Waals surface area contributed by atoms with Gasteiger partial charge in [0, 0.05) is 22.3 Å². The smallest absolute Gasteiger partial charge is 0.262 e. The third-order valence-corrected chi connectivity index (χ3v) is 5.34. The third kappa shape index (κ3) is 3.19. The number of hydrogen-bond acceptors (Lipinski definition) is 7. The molecule has 8 nitrogen and oxygen atoms in total. The normalized spacial score (nSPS) is 12.9. The van der Waals surface area contributed by atoms with Crippen LogP contribution in [-0.2, 0) is 0 Å². The lowest BCUT2D eigenvalue weighted by atomic mass is 10.1. The molecule has 4 aromatic rings. The van der Waals surface area contributed by atoms with Gasteiger partial charge in [-0.2, -0.15) is 5.10 Å². The highest BCUT2D eigenvalue weighted by Crippen LogP contribution is 2.35. The molecule has 4 heterocycles. The van der Waals surface area contributed by atoms with Crippen LogP contribution in [0.15, 0.2) is 35.8 Å². The summed E-state index contributed by atoms with van der Waals surface area (Å²) in [5, 5.41) is 9.51. The Balaban J connectivity index is 1.40. The SMILES string of the molecule is Cc1cc(C)n2ncc(C(=O)Nc3nc(-c4ccc5c(c4)OCCO5)cs3)c2n1. The average Bonchev–Trinajstić information content (AvgIpc) is 3.35. The highest BCUT2D eigenvalue weighted by atomic mass is 32.1. The fourth-order valence-corrected chi connectivity index (χ4v) is 3.98. The van der Waals surface area contributed by atoms with Crippen molar-refractivity contribution in [1.82, 2.24) is 19.6 Å². The summed E-state index contributed by atoms with van der Waals surface area (Å²) < 4.78 is 12.8. The molecule has 0 saturated heterocycles. The van der Waals surface area contributed by atoms with Crippen LogP contribution in [-0.4, -0.2) is 38.7 Å². The zero-order valence-electron chi connectivity index (χ0n) is 15.8. The number of nitrogens with one attached hydrogen (secondary N) is 1. The van der Waals surface area contributed by atoms with Crippen LogP contribution in [0.4, 0.5) is 5.13 Å². The first-order chi connectivity index (χ1) is 14.1. The van der Waals surface area contributed by atoms with Crippen molar-refractivity contribution < 1.29 is 14.3 Å². The van der Waals surface area contributed by atoms with E-state index in [-0.39, 0.29) is 5.91 Å². The van der Waals surface area contributed by atoms with Crippen molar-refractivity contribution in [2.24, 2.45) is 0 Å². The summed E-state index contributed by atoms with van der Waals surface area (Å²) in [5.74, 6) is 1.14. The number of carbonyl (C=O) groups excluding carboxylic acids is 1. The Bertz CT molecular complexity index is 1250. The van der Waals surface area contributed by atoms with E-state index in [2.05, 4.69) is 20.4 Å². The second kappa shape index (κ2) is 6.85. The molecule has 1 aliphatic rings. The lowest BCUT2D eigenvalue weighted by Crippen LogP contribution is -2.15. The molecule has 0 spiro atoms. The first kappa shape index (κ1) is 17.6. The predicted octanol–water partition coefficient (Wildman–Crippen LogP) is 3.49. The topological polar surface area (TPSA) is 90.6 Å². The largest absolute Gasteiger partial charge is 0.486 e. The van der Waals surface area contributed by atoms with Gasteiger partial charge in [0.1, 0.15) is 18.8 Å². The van der Waals surface area contributed by atoms with Gasteiger partial charge in [0.15, 0.2) is 22.3 Å². The van der Waals surface area contributed by atoms with Gasteiger partial charge in [-0.3, -0.25) is 10.1 Å². The summed E-state index contributed by atoms with van der Waals surface area (Å²) in [6.07, 6.45) is 1.53. The van der Waals surface area contributed by atoms with Crippen LogP contribution in [0.5, 0.6) is 11.5 Å². The van der Waals surface area contributed by atoms with Gasteiger partial charge >= 0.3 is 0 Å². The number of ether oxygens (including phenoxy) is 2. The number of thiazole rings is 1. The summed E-state index contributed by atoms with van der Waals surface area (Å²) in [5.41, 5.74) is 4.35. The maximum atomic E-state index is 12.8. The minimum absolute atomic E-state index is 0.291. The molecular weight excluding hydrogens is 390 g/mol. The minimum Gasteiger partial charge on any atom is -0.486 e. The number of aromatic nitrogens is 4. The quantitative estimate of drug-likeness (QED) is 0.559. The van der Waals surface area contributed by atoms with Crippen LogP contribution < -0.4 is 14.8 Å². The number of nitrogens with zero attached hydrogens (tertiary/aromatic N) is 4. The van der Waals surface area contributed by atoms with Crippen molar-refractivity contribution in [2.75, 3.05) is 18.5 Å². The standard InChI is InChI=1S/C20H17N5O3S/c1-11-7-12(2)25-18(22-11)14(9-21-25)19(26)24-20-23-15(10-29-20)13-3-4-16-17(8-13)28-6-5-27-16/h3-4,7-10H,5-6H2,1-2H3,(H,23,24,26). The molecule has 1 aliphatic heterocycles. The van der Waals surface area contributed by atoms with Crippen molar-refractivity contribution in [3.63, 3.8) is 0 Å². The molecule has 29 heavy (non-hydrogen) atoms. The number of fused-ring (bicyclic) bond motifs is 2. The van der Waals surface area contributed by atoms with Crippen molar-refractivity contribution in [3.8, 4) is 22.8 Å². The van der Waals surface area contributed by atoms with E-state index in [1.165, 1.54) is 17.5 Å². The summed E-state index contributed by atoms with van der Waals surface area (Å²) in [6, 6.07) is 7.61. The molecular formula is C20H17N5O3S. The zero-order chi connectivity index (χ0) is 20.0. The molecule has 0 aliphatic carbocycles. The highest BCUT2D eigenvalue weighted by molar-refractivity contribution is 7.14. The molecule has 1 N–H and O–H groups in total. The monoisotopic (exact) mass is 407 g/mol. The predicted molar refractivity (Wildman–Crippen MR) is 109 cm³/mol. The molecule has 9 heteroatoms. The number of amides is 1. The zero-order valence-corrected chi connectivity index (χ0v) is 16.6. The molecule has 0 fully saturated rings. The van der Waals surface area contributed by atoms with Crippen molar-refractivity contribution in [1.29, 1.82) is 0 Å². The van der Waals surface area contributed by atoms with Gasteiger partial charge in [-0.1, -0.05) is 0 Å². The molecule has 146 valence electrons.